The summed E-state index contributed by atoms with van der Waals surface area (Å²) < 4.78 is 4.99. The van der Waals surface area contributed by atoms with Gasteiger partial charge in [0.15, 0.2) is 0 Å². The number of hydrogen-bond acceptors (Lipinski definition) is 3. The maximum atomic E-state index is 12.3. The molecule has 0 radical (unpaired) electrons. The molecule has 1 aliphatic heterocycles. The van der Waals surface area contributed by atoms with Gasteiger partial charge in [-0.05, 0) is 18.8 Å². The third-order valence-electron chi connectivity index (χ3n) is 4.59. The zero-order chi connectivity index (χ0) is 14.5. The van der Waals surface area contributed by atoms with Gasteiger partial charge in [-0.3, -0.25) is 9.59 Å². The molecule has 3 unspecified atom stereocenters. The van der Waals surface area contributed by atoms with Gasteiger partial charge in [0.2, 0.25) is 11.8 Å². The maximum Gasteiger partial charge on any atom is 0.225 e. The van der Waals surface area contributed by atoms with Crippen LogP contribution in [0.3, 0.4) is 0 Å². The van der Waals surface area contributed by atoms with Crippen LogP contribution in [0, 0.1) is 11.8 Å². The Balaban J connectivity index is 1.82. The summed E-state index contributed by atoms with van der Waals surface area (Å²) in [4.78, 5) is 25.9. The van der Waals surface area contributed by atoms with E-state index in [4.69, 9.17) is 4.74 Å². The fourth-order valence-electron chi connectivity index (χ4n) is 3.20. The van der Waals surface area contributed by atoms with E-state index in [-0.39, 0.29) is 17.7 Å². The van der Waals surface area contributed by atoms with Gasteiger partial charge >= 0.3 is 0 Å². The summed E-state index contributed by atoms with van der Waals surface area (Å²) in [5, 5.41) is 3.16. The lowest BCUT2D eigenvalue weighted by molar-refractivity contribution is -0.129. The molecule has 1 N–H and O–H groups in total. The molecule has 114 valence electrons. The third-order valence-corrected chi connectivity index (χ3v) is 4.59. The van der Waals surface area contributed by atoms with E-state index in [0.29, 0.717) is 38.1 Å². The van der Waals surface area contributed by atoms with Gasteiger partial charge in [-0.2, -0.15) is 0 Å². The summed E-state index contributed by atoms with van der Waals surface area (Å²) in [6.07, 6.45) is 5.06. The van der Waals surface area contributed by atoms with E-state index in [0.717, 1.165) is 6.42 Å². The van der Waals surface area contributed by atoms with Crippen molar-refractivity contribution in [1.29, 1.82) is 0 Å². The number of hydrogen-bond donors (Lipinski definition) is 1. The van der Waals surface area contributed by atoms with Crippen molar-refractivity contribution in [3.63, 3.8) is 0 Å². The Morgan fingerprint density at radius 2 is 2.15 bits per heavy atom. The summed E-state index contributed by atoms with van der Waals surface area (Å²) in [6, 6.07) is 0.291. The third kappa shape index (κ3) is 3.72. The number of nitrogens with zero attached hydrogens (tertiary/aromatic N) is 1. The molecular formula is C15H26N2O3. The van der Waals surface area contributed by atoms with Crippen molar-refractivity contribution < 1.29 is 14.3 Å². The number of amides is 2. The van der Waals surface area contributed by atoms with Crippen molar-refractivity contribution in [2.75, 3.05) is 26.8 Å². The fourth-order valence-corrected chi connectivity index (χ4v) is 3.20. The lowest BCUT2D eigenvalue weighted by atomic mass is 9.85. The fraction of sp³-hybridized carbons (Fsp3) is 0.867. The molecule has 1 heterocycles. The zero-order valence-electron chi connectivity index (χ0n) is 12.6. The zero-order valence-corrected chi connectivity index (χ0v) is 12.6. The van der Waals surface area contributed by atoms with Crippen LogP contribution < -0.4 is 5.32 Å². The first-order chi connectivity index (χ1) is 9.61. The highest BCUT2D eigenvalue weighted by atomic mass is 16.5. The summed E-state index contributed by atoms with van der Waals surface area (Å²) >= 11 is 0. The van der Waals surface area contributed by atoms with Crippen LogP contribution >= 0.6 is 0 Å². The molecule has 0 aromatic heterocycles. The monoisotopic (exact) mass is 282 g/mol. The lowest BCUT2D eigenvalue weighted by Gasteiger charge is -2.30. The van der Waals surface area contributed by atoms with Crippen molar-refractivity contribution in [2.24, 2.45) is 11.8 Å². The molecule has 1 aliphatic carbocycles. The largest absolute Gasteiger partial charge is 0.383 e. The van der Waals surface area contributed by atoms with Crippen LogP contribution in [0.25, 0.3) is 0 Å². The van der Waals surface area contributed by atoms with E-state index in [9.17, 15) is 9.59 Å². The highest BCUT2D eigenvalue weighted by molar-refractivity contribution is 5.89. The molecule has 0 aromatic rings. The van der Waals surface area contributed by atoms with E-state index in [1.54, 1.807) is 12.0 Å². The Labute approximate surface area is 121 Å². The molecule has 3 atom stereocenters. The predicted molar refractivity (Wildman–Crippen MR) is 76.1 cm³/mol. The second kappa shape index (κ2) is 7.07. The standard InChI is InChI=1S/C15H26N2O3/c1-11-5-3-4-6-13(11)16-15(19)12-9-14(18)17(10-12)7-8-20-2/h11-13H,3-10H2,1-2H3,(H,16,19). The summed E-state index contributed by atoms with van der Waals surface area (Å²) in [5.74, 6) is 0.485. The van der Waals surface area contributed by atoms with E-state index >= 15 is 0 Å². The minimum absolute atomic E-state index is 0.0528. The highest BCUT2D eigenvalue weighted by Gasteiger charge is 2.35. The maximum absolute atomic E-state index is 12.3. The number of likely N-dealkylation sites (tertiary alicyclic amines) is 1. The number of nitrogens with one attached hydrogen (secondary N) is 1. The van der Waals surface area contributed by atoms with Crippen LogP contribution in [0.5, 0.6) is 0 Å². The normalized spacial score (nSPS) is 30.6. The summed E-state index contributed by atoms with van der Waals surface area (Å²) in [6.45, 7) is 3.85. The molecule has 5 nitrogen and oxygen atoms in total. The molecule has 1 saturated carbocycles. The van der Waals surface area contributed by atoms with Crippen LogP contribution in [0.1, 0.15) is 39.0 Å². The quantitative estimate of drug-likeness (QED) is 0.823. The number of methoxy groups -OCH3 is 1. The summed E-state index contributed by atoms with van der Waals surface area (Å²) in [7, 11) is 1.62. The van der Waals surface area contributed by atoms with E-state index in [2.05, 4.69) is 12.2 Å². The Morgan fingerprint density at radius 1 is 1.40 bits per heavy atom. The van der Waals surface area contributed by atoms with Crippen molar-refractivity contribution in [1.82, 2.24) is 10.2 Å². The van der Waals surface area contributed by atoms with Gasteiger partial charge in [0, 0.05) is 32.7 Å². The first-order valence-corrected chi connectivity index (χ1v) is 7.69. The Morgan fingerprint density at radius 3 is 2.85 bits per heavy atom. The van der Waals surface area contributed by atoms with Crippen molar-refractivity contribution in [3.05, 3.63) is 0 Å². The molecule has 0 bridgehead atoms. The van der Waals surface area contributed by atoms with Crippen molar-refractivity contribution >= 4 is 11.8 Å². The van der Waals surface area contributed by atoms with Crippen LogP contribution in [-0.2, 0) is 14.3 Å². The minimum atomic E-state index is -0.187. The molecule has 2 fully saturated rings. The average molecular weight is 282 g/mol. The second-order valence-electron chi connectivity index (χ2n) is 6.11. The first-order valence-electron chi connectivity index (χ1n) is 7.69. The Bertz CT molecular complexity index is 359. The van der Waals surface area contributed by atoms with Gasteiger partial charge in [0.1, 0.15) is 0 Å². The van der Waals surface area contributed by atoms with Crippen molar-refractivity contribution in [3.8, 4) is 0 Å². The minimum Gasteiger partial charge on any atom is -0.383 e. The number of carbonyl (C=O) groups excluding carboxylic acids is 2. The first kappa shape index (κ1) is 15.3. The molecule has 0 aromatic carbocycles. The Hall–Kier alpha value is -1.10. The Kier molecular flexibility index (Phi) is 5.40. The molecule has 2 aliphatic rings. The number of rotatable bonds is 5. The van der Waals surface area contributed by atoms with Crippen LogP contribution in [0.2, 0.25) is 0 Å². The lowest BCUT2D eigenvalue weighted by Crippen LogP contribution is -2.44. The molecule has 0 spiro atoms. The highest BCUT2D eigenvalue weighted by Crippen LogP contribution is 2.25. The van der Waals surface area contributed by atoms with Crippen LogP contribution in [0.4, 0.5) is 0 Å². The van der Waals surface area contributed by atoms with E-state index < -0.39 is 0 Å². The van der Waals surface area contributed by atoms with Crippen LogP contribution in [0.15, 0.2) is 0 Å². The molecule has 1 saturated heterocycles. The SMILES string of the molecule is COCCN1CC(C(=O)NC2CCCCC2C)CC1=O. The average Bonchev–Trinajstić information content (AvgIpc) is 2.80. The number of carbonyl (C=O) groups is 2. The smallest absolute Gasteiger partial charge is 0.225 e. The number of ether oxygens (including phenoxy) is 1. The van der Waals surface area contributed by atoms with Gasteiger partial charge < -0.3 is 15.0 Å². The van der Waals surface area contributed by atoms with Crippen molar-refractivity contribution in [2.45, 2.75) is 45.1 Å². The molecule has 5 heteroatoms. The molecule has 20 heavy (non-hydrogen) atoms. The van der Waals surface area contributed by atoms with E-state index in [1.807, 2.05) is 0 Å². The predicted octanol–water partition coefficient (Wildman–Crippen LogP) is 1.18. The van der Waals surface area contributed by atoms with Gasteiger partial charge in [-0.25, -0.2) is 0 Å². The van der Waals surface area contributed by atoms with E-state index in [1.165, 1.54) is 19.3 Å². The molecular weight excluding hydrogens is 256 g/mol. The van der Waals surface area contributed by atoms with Gasteiger partial charge in [0.05, 0.1) is 12.5 Å². The van der Waals surface area contributed by atoms with Gasteiger partial charge in [0.25, 0.3) is 0 Å². The molecule has 2 amide bonds. The second-order valence-corrected chi connectivity index (χ2v) is 6.11. The topological polar surface area (TPSA) is 58.6 Å². The van der Waals surface area contributed by atoms with Crippen LogP contribution in [-0.4, -0.2) is 49.6 Å². The van der Waals surface area contributed by atoms with Gasteiger partial charge in [-0.1, -0.05) is 19.8 Å². The molecule has 2 rings (SSSR count). The van der Waals surface area contributed by atoms with Gasteiger partial charge in [-0.15, -0.1) is 0 Å². The summed E-state index contributed by atoms with van der Waals surface area (Å²) in [5.41, 5.74) is 0.